The molecule has 3 rings (SSSR count). The summed E-state index contributed by atoms with van der Waals surface area (Å²) in [6, 6.07) is 1.77. The SMILES string of the molecule is CC(C)CC1(C)NC(=N)N(CC2CCN(C(=O)Nc3ccc(F)c(C(F)(F)F)c3)CC2)C1=O. The first-order valence-electron chi connectivity index (χ1n) is 10.9. The van der Waals surface area contributed by atoms with Crippen molar-refractivity contribution in [3.8, 4) is 0 Å². The first-order valence-corrected chi connectivity index (χ1v) is 10.9. The van der Waals surface area contributed by atoms with Crippen LogP contribution in [0.2, 0.25) is 0 Å². The van der Waals surface area contributed by atoms with Crippen LogP contribution in [0.4, 0.5) is 28.0 Å². The molecule has 0 spiro atoms. The first kappa shape index (κ1) is 24.8. The van der Waals surface area contributed by atoms with Crippen molar-refractivity contribution in [2.45, 2.75) is 51.7 Å². The van der Waals surface area contributed by atoms with Crippen molar-refractivity contribution in [3.63, 3.8) is 0 Å². The van der Waals surface area contributed by atoms with Gasteiger partial charge in [-0.15, -0.1) is 0 Å². The monoisotopic (exact) mass is 471 g/mol. The Morgan fingerprint density at radius 2 is 1.94 bits per heavy atom. The summed E-state index contributed by atoms with van der Waals surface area (Å²) in [6.07, 6.45) is -3.07. The van der Waals surface area contributed by atoms with E-state index in [9.17, 15) is 27.2 Å². The highest BCUT2D eigenvalue weighted by Crippen LogP contribution is 2.33. The van der Waals surface area contributed by atoms with Gasteiger partial charge in [0.2, 0.25) is 0 Å². The Kier molecular flexibility index (Phi) is 6.90. The summed E-state index contributed by atoms with van der Waals surface area (Å²) in [6.45, 7) is 6.93. The first-order chi connectivity index (χ1) is 15.3. The van der Waals surface area contributed by atoms with E-state index in [0.717, 1.165) is 6.07 Å². The van der Waals surface area contributed by atoms with Crippen LogP contribution in [0.5, 0.6) is 0 Å². The lowest BCUT2D eigenvalue weighted by Gasteiger charge is -2.33. The van der Waals surface area contributed by atoms with Gasteiger partial charge in [0.05, 0.1) is 5.56 Å². The van der Waals surface area contributed by atoms with Crippen molar-refractivity contribution in [2.75, 3.05) is 25.0 Å². The number of alkyl halides is 3. The number of hydrogen-bond donors (Lipinski definition) is 3. The molecule has 2 heterocycles. The molecule has 2 aliphatic rings. The zero-order valence-electron chi connectivity index (χ0n) is 18.9. The molecule has 0 bridgehead atoms. The number of carbonyl (C=O) groups excluding carboxylic acids is 2. The molecule has 0 radical (unpaired) electrons. The van der Waals surface area contributed by atoms with Crippen LogP contribution in [-0.2, 0) is 11.0 Å². The fourth-order valence-electron chi connectivity index (χ4n) is 4.51. The molecule has 1 atom stereocenters. The maximum atomic E-state index is 13.4. The molecule has 2 fully saturated rings. The topological polar surface area (TPSA) is 88.5 Å². The quantitative estimate of drug-likeness (QED) is 0.561. The van der Waals surface area contributed by atoms with Gasteiger partial charge in [0.25, 0.3) is 5.91 Å². The van der Waals surface area contributed by atoms with E-state index in [-0.39, 0.29) is 29.4 Å². The highest BCUT2D eigenvalue weighted by molar-refractivity contribution is 6.07. The van der Waals surface area contributed by atoms with Gasteiger partial charge in [-0.05, 0) is 56.2 Å². The normalized spacial score (nSPS) is 22.2. The summed E-state index contributed by atoms with van der Waals surface area (Å²) < 4.78 is 52.1. The van der Waals surface area contributed by atoms with Gasteiger partial charge in [0.15, 0.2) is 5.96 Å². The predicted octanol–water partition coefficient (Wildman–Crippen LogP) is 4.26. The average Bonchev–Trinajstić information content (AvgIpc) is 2.91. The second-order valence-electron chi connectivity index (χ2n) is 9.37. The number of anilines is 1. The number of guanidine groups is 1. The van der Waals surface area contributed by atoms with Crippen LogP contribution in [0.1, 0.15) is 45.6 Å². The van der Waals surface area contributed by atoms with Crippen molar-refractivity contribution in [3.05, 3.63) is 29.6 Å². The molecule has 1 unspecified atom stereocenters. The Bertz CT molecular complexity index is 928. The van der Waals surface area contributed by atoms with E-state index in [1.807, 2.05) is 13.8 Å². The Morgan fingerprint density at radius 1 is 1.30 bits per heavy atom. The third-order valence-corrected chi connectivity index (χ3v) is 6.06. The molecule has 1 aromatic carbocycles. The number of halogens is 4. The van der Waals surface area contributed by atoms with Gasteiger partial charge >= 0.3 is 12.2 Å². The number of piperidine rings is 1. The van der Waals surface area contributed by atoms with Gasteiger partial charge in [-0.3, -0.25) is 15.1 Å². The molecule has 11 heteroatoms. The number of hydrogen-bond acceptors (Lipinski definition) is 3. The van der Waals surface area contributed by atoms with Gasteiger partial charge in [0, 0.05) is 25.3 Å². The predicted molar refractivity (Wildman–Crippen MR) is 115 cm³/mol. The second-order valence-corrected chi connectivity index (χ2v) is 9.37. The number of amides is 3. The molecule has 182 valence electrons. The molecule has 0 saturated carbocycles. The van der Waals surface area contributed by atoms with E-state index in [1.54, 1.807) is 6.92 Å². The van der Waals surface area contributed by atoms with Crippen LogP contribution in [-0.4, -0.2) is 52.9 Å². The minimum absolute atomic E-state index is 0.0834. The third kappa shape index (κ3) is 5.56. The van der Waals surface area contributed by atoms with Gasteiger partial charge in [-0.25, -0.2) is 9.18 Å². The zero-order chi connectivity index (χ0) is 24.6. The fourth-order valence-corrected chi connectivity index (χ4v) is 4.51. The second kappa shape index (κ2) is 9.18. The van der Waals surface area contributed by atoms with Crippen molar-refractivity contribution >= 4 is 23.6 Å². The number of urea groups is 1. The smallest absolute Gasteiger partial charge is 0.342 e. The molecule has 7 nitrogen and oxygen atoms in total. The van der Waals surface area contributed by atoms with Crippen LogP contribution < -0.4 is 10.6 Å². The Labute approximate surface area is 190 Å². The van der Waals surface area contributed by atoms with E-state index < -0.39 is 29.1 Å². The fraction of sp³-hybridized carbons (Fsp3) is 0.591. The lowest BCUT2D eigenvalue weighted by molar-refractivity contribution is -0.140. The molecule has 1 aromatic rings. The molecule has 3 N–H and O–H groups in total. The summed E-state index contributed by atoms with van der Waals surface area (Å²) in [5, 5.41) is 13.6. The van der Waals surface area contributed by atoms with Crippen molar-refractivity contribution in [2.24, 2.45) is 11.8 Å². The van der Waals surface area contributed by atoms with Gasteiger partial charge < -0.3 is 15.5 Å². The van der Waals surface area contributed by atoms with Crippen molar-refractivity contribution in [1.29, 1.82) is 5.41 Å². The molecule has 0 aromatic heterocycles. The van der Waals surface area contributed by atoms with Crippen LogP contribution in [0.15, 0.2) is 18.2 Å². The van der Waals surface area contributed by atoms with Crippen molar-refractivity contribution < 1.29 is 27.2 Å². The molecule has 3 amide bonds. The largest absolute Gasteiger partial charge is 0.419 e. The van der Waals surface area contributed by atoms with E-state index in [0.29, 0.717) is 51.0 Å². The van der Waals surface area contributed by atoms with Crippen LogP contribution in [0.3, 0.4) is 0 Å². The summed E-state index contributed by atoms with van der Waals surface area (Å²) in [7, 11) is 0. The lowest BCUT2D eigenvalue weighted by atomic mass is 9.90. The van der Waals surface area contributed by atoms with Crippen molar-refractivity contribution in [1.82, 2.24) is 15.1 Å². The highest BCUT2D eigenvalue weighted by atomic mass is 19.4. The number of carbonyl (C=O) groups is 2. The van der Waals surface area contributed by atoms with E-state index in [1.165, 1.54) is 9.80 Å². The van der Waals surface area contributed by atoms with Gasteiger partial charge in [-0.1, -0.05) is 13.8 Å². The standard InChI is InChI=1S/C22H29F4N5O2/c1-13(2)11-21(3)18(32)31(19(27)29-21)12-14-6-8-30(9-7-14)20(33)28-15-4-5-17(23)16(10-15)22(24,25)26/h4-5,10,13-14H,6-9,11-12H2,1-3H3,(H2,27,29)(H,28,33). The Balaban J connectivity index is 1.55. The minimum Gasteiger partial charge on any atom is -0.342 e. The summed E-state index contributed by atoms with van der Waals surface area (Å²) in [5.74, 6) is -1.07. The van der Waals surface area contributed by atoms with Gasteiger partial charge in [-0.2, -0.15) is 13.2 Å². The van der Waals surface area contributed by atoms with Crippen LogP contribution >= 0.6 is 0 Å². The highest BCUT2D eigenvalue weighted by Gasteiger charge is 2.46. The number of rotatable bonds is 5. The van der Waals surface area contributed by atoms with Crippen LogP contribution in [0.25, 0.3) is 0 Å². The van der Waals surface area contributed by atoms with E-state index >= 15 is 0 Å². The lowest BCUT2D eigenvalue weighted by Crippen LogP contribution is -2.46. The Hall–Kier alpha value is -2.85. The molecule has 33 heavy (non-hydrogen) atoms. The third-order valence-electron chi connectivity index (χ3n) is 6.06. The summed E-state index contributed by atoms with van der Waals surface area (Å²) in [5.41, 5.74) is -2.37. The van der Waals surface area contributed by atoms with E-state index in [2.05, 4.69) is 10.6 Å². The molecular formula is C22H29F4N5O2. The number of nitrogens with zero attached hydrogens (tertiary/aromatic N) is 2. The number of benzene rings is 1. The number of likely N-dealkylation sites (tertiary alicyclic amines) is 1. The number of nitrogens with one attached hydrogen (secondary N) is 3. The molecular weight excluding hydrogens is 442 g/mol. The zero-order valence-corrected chi connectivity index (χ0v) is 18.9. The Morgan fingerprint density at radius 3 is 2.52 bits per heavy atom. The van der Waals surface area contributed by atoms with E-state index in [4.69, 9.17) is 5.41 Å². The molecule has 2 aliphatic heterocycles. The minimum atomic E-state index is -4.86. The maximum absolute atomic E-state index is 13.4. The summed E-state index contributed by atoms with van der Waals surface area (Å²) in [4.78, 5) is 28.3. The van der Waals surface area contributed by atoms with Crippen LogP contribution in [0, 0.1) is 23.1 Å². The van der Waals surface area contributed by atoms with Gasteiger partial charge in [0.1, 0.15) is 11.4 Å². The summed E-state index contributed by atoms with van der Waals surface area (Å²) >= 11 is 0. The average molecular weight is 471 g/mol. The molecule has 2 saturated heterocycles. The maximum Gasteiger partial charge on any atom is 0.419 e. The molecule has 0 aliphatic carbocycles.